The van der Waals surface area contributed by atoms with Gasteiger partial charge in [-0.05, 0) is 32.3 Å². The molecule has 108 valence electrons. The van der Waals surface area contributed by atoms with E-state index in [0.29, 0.717) is 13.2 Å². The average Bonchev–Trinajstić information content (AvgIpc) is 3.05. The molecule has 2 rings (SSSR count). The first-order valence-corrected chi connectivity index (χ1v) is 7.62. The number of ether oxygens (including phenoxy) is 2. The minimum absolute atomic E-state index is 0.0403. The Morgan fingerprint density at radius 2 is 1.84 bits per heavy atom. The average molecular weight is 266 g/mol. The molecular weight excluding hydrogens is 240 g/mol. The molecule has 2 fully saturated rings. The molecule has 1 aliphatic carbocycles. The van der Waals surface area contributed by atoms with Gasteiger partial charge in [-0.2, -0.15) is 0 Å². The lowest BCUT2D eigenvalue weighted by Crippen LogP contribution is -2.40. The molecule has 0 radical (unpaired) electrons. The molecule has 1 heterocycles. The van der Waals surface area contributed by atoms with E-state index in [9.17, 15) is 4.79 Å². The van der Waals surface area contributed by atoms with Crippen LogP contribution < -0.4 is 0 Å². The Morgan fingerprint density at radius 1 is 1.16 bits per heavy atom. The molecule has 0 bridgehead atoms. The third-order valence-corrected chi connectivity index (χ3v) is 4.30. The van der Waals surface area contributed by atoms with Crippen LogP contribution in [0.25, 0.3) is 0 Å². The SMILES string of the molecule is CCCCCCC1(C2(C=CC(C)=O)CC2)OCCO1. The van der Waals surface area contributed by atoms with Crippen LogP contribution in [0.4, 0.5) is 0 Å². The second kappa shape index (κ2) is 6.19. The number of unbranched alkanes of at least 4 members (excludes halogenated alkanes) is 3. The van der Waals surface area contributed by atoms with Gasteiger partial charge < -0.3 is 9.47 Å². The van der Waals surface area contributed by atoms with Gasteiger partial charge in [-0.3, -0.25) is 4.79 Å². The molecule has 0 aromatic heterocycles. The second-order valence-electron chi connectivity index (χ2n) is 5.86. The standard InChI is InChI=1S/C16H26O3/c1-3-4-5-6-8-16(18-12-13-19-16)15(10-11-15)9-7-14(2)17/h7,9H,3-6,8,10-13H2,1-2H3. The summed E-state index contributed by atoms with van der Waals surface area (Å²) in [7, 11) is 0. The summed E-state index contributed by atoms with van der Waals surface area (Å²) >= 11 is 0. The molecule has 0 aromatic rings. The van der Waals surface area contributed by atoms with Gasteiger partial charge in [0.25, 0.3) is 0 Å². The number of carbonyl (C=O) groups is 1. The number of allylic oxidation sites excluding steroid dienone is 1. The first kappa shape index (κ1) is 14.7. The van der Waals surface area contributed by atoms with Crippen molar-refractivity contribution < 1.29 is 14.3 Å². The molecule has 0 unspecified atom stereocenters. The molecule has 0 atom stereocenters. The van der Waals surface area contributed by atoms with Crippen LogP contribution in [-0.4, -0.2) is 24.8 Å². The van der Waals surface area contributed by atoms with E-state index in [0.717, 1.165) is 25.7 Å². The van der Waals surface area contributed by atoms with Crippen LogP contribution in [0.3, 0.4) is 0 Å². The highest BCUT2D eigenvalue weighted by atomic mass is 16.7. The van der Waals surface area contributed by atoms with E-state index in [-0.39, 0.29) is 11.2 Å². The Bertz CT molecular complexity index is 336. The Kier molecular flexibility index (Phi) is 4.80. The van der Waals surface area contributed by atoms with Crippen molar-refractivity contribution in [2.45, 2.75) is 64.6 Å². The van der Waals surface area contributed by atoms with Crippen molar-refractivity contribution in [3.05, 3.63) is 12.2 Å². The monoisotopic (exact) mass is 266 g/mol. The molecule has 2 aliphatic rings. The normalized spacial score (nSPS) is 23.9. The zero-order valence-electron chi connectivity index (χ0n) is 12.2. The van der Waals surface area contributed by atoms with Crippen molar-refractivity contribution in [1.29, 1.82) is 0 Å². The summed E-state index contributed by atoms with van der Waals surface area (Å²) in [5.74, 6) is -0.349. The minimum atomic E-state index is -0.452. The molecule has 1 saturated carbocycles. The summed E-state index contributed by atoms with van der Waals surface area (Å²) in [6.07, 6.45) is 11.7. The topological polar surface area (TPSA) is 35.5 Å². The second-order valence-corrected chi connectivity index (χ2v) is 5.86. The van der Waals surface area contributed by atoms with Gasteiger partial charge in [0, 0.05) is 11.8 Å². The lowest BCUT2D eigenvalue weighted by Gasteiger charge is -2.34. The van der Waals surface area contributed by atoms with Crippen molar-refractivity contribution >= 4 is 5.78 Å². The maximum absolute atomic E-state index is 11.2. The van der Waals surface area contributed by atoms with Crippen LogP contribution in [-0.2, 0) is 14.3 Å². The fourth-order valence-corrected chi connectivity index (χ4v) is 3.01. The summed E-state index contributed by atoms with van der Waals surface area (Å²) < 4.78 is 12.0. The summed E-state index contributed by atoms with van der Waals surface area (Å²) in [6, 6.07) is 0. The number of hydrogen-bond acceptors (Lipinski definition) is 3. The van der Waals surface area contributed by atoms with Gasteiger partial charge in [0.15, 0.2) is 11.6 Å². The molecule has 0 N–H and O–H groups in total. The number of ketones is 1. The van der Waals surface area contributed by atoms with Crippen LogP contribution in [0.2, 0.25) is 0 Å². The van der Waals surface area contributed by atoms with Gasteiger partial charge in [0.2, 0.25) is 0 Å². The molecule has 0 amide bonds. The maximum atomic E-state index is 11.2. The Balaban J connectivity index is 2.00. The lowest BCUT2D eigenvalue weighted by molar-refractivity contribution is -0.199. The van der Waals surface area contributed by atoms with Crippen LogP contribution in [0.5, 0.6) is 0 Å². The lowest BCUT2D eigenvalue weighted by atomic mass is 9.89. The van der Waals surface area contributed by atoms with E-state index in [2.05, 4.69) is 6.92 Å². The van der Waals surface area contributed by atoms with Crippen molar-refractivity contribution in [1.82, 2.24) is 0 Å². The van der Waals surface area contributed by atoms with Crippen molar-refractivity contribution in [3.8, 4) is 0 Å². The van der Waals surface area contributed by atoms with E-state index in [1.54, 1.807) is 13.0 Å². The van der Waals surface area contributed by atoms with Crippen molar-refractivity contribution in [2.24, 2.45) is 5.41 Å². The fraction of sp³-hybridized carbons (Fsp3) is 0.812. The van der Waals surface area contributed by atoms with Crippen LogP contribution in [0.1, 0.15) is 58.8 Å². The largest absolute Gasteiger partial charge is 0.347 e. The van der Waals surface area contributed by atoms with Gasteiger partial charge in [-0.25, -0.2) is 0 Å². The van der Waals surface area contributed by atoms with Gasteiger partial charge in [0.05, 0.1) is 13.2 Å². The van der Waals surface area contributed by atoms with Gasteiger partial charge in [-0.1, -0.05) is 32.3 Å². The van der Waals surface area contributed by atoms with E-state index in [1.165, 1.54) is 19.3 Å². The summed E-state index contributed by atoms with van der Waals surface area (Å²) in [5, 5.41) is 0. The maximum Gasteiger partial charge on any atom is 0.177 e. The van der Waals surface area contributed by atoms with Gasteiger partial charge in [0.1, 0.15) is 0 Å². The molecule has 3 heteroatoms. The van der Waals surface area contributed by atoms with E-state index in [4.69, 9.17) is 9.47 Å². The third kappa shape index (κ3) is 3.26. The third-order valence-electron chi connectivity index (χ3n) is 4.30. The van der Waals surface area contributed by atoms with E-state index >= 15 is 0 Å². The summed E-state index contributed by atoms with van der Waals surface area (Å²) in [4.78, 5) is 11.2. The van der Waals surface area contributed by atoms with Crippen molar-refractivity contribution in [3.63, 3.8) is 0 Å². The number of rotatable bonds is 8. The highest BCUT2D eigenvalue weighted by molar-refractivity contribution is 5.87. The zero-order chi connectivity index (χ0) is 13.8. The first-order valence-electron chi connectivity index (χ1n) is 7.62. The van der Waals surface area contributed by atoms with Crippen molar-refractivity contribution in [2.75, 3.05) is 13.2 Å². The predicted molar refractivity (Wildman–Crippen MR) is 74.9 cm³/mol. The Labute approximate surface area is 116 Å². The van der Waals surface area contributed by atoms with Gasteiger partial charge in [-0.15, -0.1) is 0 Å². The number of carbonyl (C=O) groups excluding carboxylic acids is 1. The smallest absolute Gasteiger partial charge is 0.177 e. The Hall–Kier alpha value is -0.670. The van der Waals surface area contributed by atoms with E-state index in [1.807, 2.05) is 6.08 Å². The zero-order valence-corrected chi connectivity index (χ0v) is 12.2. The first-order chi connectivity index (χ1) is 9.14. The summed E-state index contributed by atoms with van der Waals surface area (Å²) in [5.41, 5.74) is -0.0403. The molecule has 19 heavy (non-hydrogen) atoms. The summed E-state index contributed by atoms with van der Waals surface area (Å²) in [6.45, 7) is 5.18. The fourth-order valence-electron chi connectivity index (χ4n) is 3.01. The highest BCUT2D eigenvalue weighted by Gasteiger charge is 2.61. The number of hydrogen-bond donors (Lipinski definition) is 0. The molecule has 0 spiro atoms. The predicted octanol–water partition coefficient (Wildman–Crippen LogP) is 3.63. The Morgan fingerprint density at radius 3 is 2.37 bits per heavy atom. The van der Waals surface area contributed by atoms with Crippen LogP contribution in [0, 0.1) is 5.41 Å². The van der Waals surface area contributed by atoms with E-state index < -0.39 is 5.79 Å². The van der Waals surface area contributed by atoms with Crippen LogP contribution >= 0.6 is 0 Å². The quantitative estimate of drug-likeness (QED) is 0.497. The molecular formula is C16H26O3. The highest BCUT2D eigenvalue weighted by Crippen LogP contribution is 2.60. The molecule has 0 aromatic carbocycles. The molecule has 3 nitrogen and oxygen atoms in total. The van der Waals surface area contributed by atoms with Crippen LogP contribution in [0.15, 0.2) is 12.2 Å². The molecule has 1 aliphatic heterocycles. The van der Waals surface area contributed by atoms with Gasteiger partial charge >= 0.3 is 0 Å². The minimum Gasteiger partial charge on any atom is -0.347 e. The molecule has 1 saturated heterocycles.